The highest BCUT2D eigenvalue weighted by Gasteiger charge is 1.85. The number of allylic oxidation sites excluding steroid dienone is 3. The zero-order valence-electron chi connectivity index (χ0n) is 6.28. The van der Waals surface area contributed by atoms with E-state index in [1.54, 1.807) is 0 Å². The second-order valence-electron chi connectivity index (χ2n) is 2.30. The van der Waals surface area contributed by atoms with E-state index in [1.807, 2.05) is 13.0 Å². The van der Waals surface area contributed by atoms with Gasteiger partial charge < -0.3 is 5.73 Å². The summed E-state index contributed by atoms with van der Waals surface area (Å²) in [4.78, 5) is 0. The van der Waals surface area contributed by atoms with E-state index in [2.05, 4.69) is 13.5 Å². The van der Waals surface area contributed by atoms with Crippen LogP contribution in [-0.4, -0.2) is 0 Å². The molecule has 0 aromatic carbocycles. The predicted octanol–water partition coefficient (Wildman–Crippen LogP) is 2.21. The summed E-state index contributed by atoms with van der Waals surface area (Å²) in [5.74, 6) is 0. The fourth-order valence-corrected chi connectivity index (χ4v) is 0.715. The second kappa shape index (κ2) is 4.19. The minimum atomic E-state index is 0.841. The molecular formula is C8H15N. The Morgan fingerprint density at radius 1 is 1.67 bits per heavy atom. The molecule has 9 heavy (non-hydrogen) atoms. The fourth-order valence-electron chi connectivity index (χ4n) is 0.715. The van der Waals surface area contributed by atoms with Gasteiger partial charge in [-0.15, -0.1) is 0 Å². The largest absolute Gasteiger partial charge is 0.402 e. The van der Waals surface area contributed by atoms with Crippen molar-refractivity contribution in [3.8, 4) is 0 Å². The van der Waals surface area contributed by atoms with E-state index in [0.717, 1.165) is 24.1 Å². The van der Waals surface area contributed by atoms with E-state index >= 15 is 0 Å². The smallest absolute Gasteiger partial charge is 0.00514 e. The molecule has 0 fully saturated rings. The molecule has 0 bridgehead atoms. The number of hydrogen-bond acceptors (Lipinski definition) is 1. The van der Waals surface area contributed by atoms with Crippen LogP contribution in [0.3, 0.4) is 0 Å². The zero-order chi connectivity index (χ0) is 7.28. The van der Waals surface area contributed by atoms with E-state index in [-0.39, 0.29) is 0 Å². The number of hydrogen-bond donors (Lipinski definition) is 1. The van der Waals surface area contributed by atoms with Crippen LogP contribution in [0.4, 0.5) is 0 Å². The average Bonchev–Trinajstić information content (AvgIpc) is 1.63. The van der Waals surface area contributed by atoms with E-state index in [0.29, 0.717) is 0 Å². The minimum Gasteiger partial charge on any atom is -0.402 e. The Morgan fingerprint density at radius 3 is 2.56 bits per heavy atom. The summed E-state index contributed by atoms with van der Waals surface area (Å²) in [6, 6.07) is 0. The highest BCUT2D eigenvalue weighted by molar-refractivity contribution is 5.17. The Bertz CT molecular complexity index is 119. The number of nitrogens with two attached hydrogens (primary N) is 1. The van der Waals surface area contributed by atoms with Gasteiger partial charge in [0.2, 0.25) is 0 Å². The molecule has 0 atom stereocenters. The van der Waals surface area contributed by atoms with E-state index in [1.165, 1.54) is 0 Å². The molecule has 0 aromatic rings. The molecule has 1 nitrogen and oxygen atoms in total. The van der Waals surface area contributed by atoms with Gasteiger partial charge in [0.15, 0.2) is 0 Å². The van der Waals surface area contributed by atoms with Gasteiger partial charge in [0.05, 0.1) is 0 Å². The van der Waals surface area contributed by atoms with Crippen molar-refractivity contribution in [2.24, 2.45) is 5.73 Å². The first kappa shape index (κ1) is 8.28. The van der Waals surface area contributed by atoms with Gasteiger partial charge in [0.25, 0.3) is 0 Å². The van der Waals surface area contributed by atoms with Crippen molar-refractivity contribution in [1.29, 1.82) is 0 Å². The molecule has 0 aromatic heterocycles. The van der Waals surface area contributed by atoms with Gasteiger partial charge in [0, 0.05) is 5.70 Å². The molecule has 52 valence electrons. The van der Waals surface area contributed by atoms with Crippen LogP contribution in [-0.2, 0) is 0 Å². The molecule has 0 saturated heterocycles. The van der Waals surface area contributed by atoms with Gasteiger partial charge in [-0.3, -0.25) is 0 Å². The lowest BCUT2D eigenvalue weighted by Gasteiger charge is -1.95. The van der Waals surface area contributed by atoms with Crippen LogP contribution in [0.5, 0.6) is 0 Å². The van der Waals surface area contributed by atoms with Crippen molar-refractivity contribution in [2.45, 2.75) is 26.7 Å². The maximum atomic E-state index is 5.42. The normalized spacial score (nSPS) is 11.6. The van der Waals surface area contributed by atoms with Crippen LogP contribution in [0.1, 0.15) is 26.7 Å². The molecule has 0 aliphatic rings. The lowest BCUT2D eigenvalue weighted by atomic mass is 10.1. The number of rotatable bonds is 3. The van der Waals surface area contributed by atoms with Crippen LogP contribution in [0.15, 0.2) is 23.9 Å². The summed E-state index contributed by atoms with van der Waals surface area (Å²) in [7, 11) is 0. The van der Waals surface area contributed by atoms with Gasteiger partial charge in [0.1, 0.15) is 0 Å². The fraction of sp³-hybridized carbons (Fsp3) is 0.500. The Kier molecular flexibility index (Phi) is 3.85. The van der Waals surface area contributed by atoms with Gasteiger partial charge in [-0.05, 0) is 19.4 Å². The van der Waals surface area contributed by atoms with Crippen molar-refractivity contribution in [2.75, 3.05) is 0 Å². The summed E-state index contributed by atoms with van der Waals surface area (Å²) in [5, 5.41) is 0. The Balaban J connectivity index is 3.63. The summed E-state index contributed by atoms with van der Waals surface area (Å²) >= 11 is 0. The summed E-state index contributed by atoms with van der Waals surface area (Å²) in [6.07, 6.45) is 4.11. The van der Waals surface area contributed by atoms with Crippen molar-refractivity contribution >= 4 is 0 Å². The molecule has 0 heterocycles. The van der Waals surface area contributed by atoms with Crippen LogP contribution in [0, 0.1) is 0 Å². The highest BCUT2D eigenvalue weighted by Crippen LogP contribution is 2.03. The van der Waals surface area contributed by atoms with E-state index in [9.17, 15) is 0 Å². The molecule has 0 saturated carbocycles. The van der Waals surface area contributed by atoms with E-state index < -0.39 is 0 Å². The molecule has 0 radical (unpaired) electrons. The van der Waals surface area contributed by atoms with Gasteiger partial charge in [-0.25, -0.2) is 0 Å². The summed E-state index contributed by atoms with van der Waals surface area (Å²) in [6.45, 7) is 7.83. The first-order valence-electron chi connectivity index (χ1n) is 3.28. The minimum absolute atomic E-state index is 0.841. The zero-order valence-corrected chi connectivity index (χ0v) is 6.28. The quantitative estimate of drug-likeness (QED) is 0.575. The molecule has 0 rings (SSSR count). The first-order chi connectivity index (χ1) is 4.16. The lowest BCUT2D eigenvalue weighted by Crippen LogP contribution is -1.90. The van der Waals surface area contributed by atoms with Gasteiger partial charge in [-0.1, -0.05) is 25.5 Å². The molecule has 0 aliphatic carbocycles. The maximum Gasteiger partial charge on any atom is 0.00514 e. The second-order valence-corrected chi connectivity index (χ2v) is 2.30. The summed E-state index contributed by atoms with van der Waals surface area (Å²) < 4.78 is 0. The van der Waals surface area contributed by atoms with Crippen molar-refractivity contribution < 1.29 is 0 Å². The van der Waals surface area contributed by atoms with Crippen molar-refractivity contribution in [3.05, 3.63) is 23.9 Å². The third-order valence-electron chi connectivity index (χ3n) is 1.00. The molecule has 2 N–H and O–H groups in total. The topological polar surface area (TPSA) is 26.0 Å². The van der Waals surface area contributed by atoms with Crippen LogP contribution >= 0.6 is 0 Å². The standard InChI is InChI=1S/C8H15N/c1-4-5-7(2)6-8(3)9/h6H,2,4-5,9H2,1,3H3/b8-6-. The molecular weight excluding hydrogens is 110 g/mol. The lowest BCUT2D eigenvalue weighted by molar-refractivity contribution is 0.927. The van der Waals surface area contributed by atoms with Crippen LogP contribution in [0.2, 0.25) is 0 Å². The Morgan fingerprint density at radius 2 is 2.22 bits per heavy atom. The molecule has 0 unspecified atom stereocenters. The highest BCUT2D eigenvalue weighted by atomic mass is 14.5. The monoisotopic (exact) mass is 125 g/mol. The third kappa shape index (κ3) is 5.15. The van der Waals surface area contributed by atoms with Crippen molar-refractivity contribution in [1.82, 2.24) is 0 Å². The first-order valence-corrected chi connectivity index (χ1v) is 3.28. The Hall–Kier alpha value is -0.720. The molecule has 1 heteroatoms. The van der Waals surface area contributed by atoms with Gasteiger partial charge >= 0.3 is 0 Å². The molecule has 0 spiro atoms. The van der Waals surface area contributed by atoms with E-state index in [4.69, 9.17) is 5.73 Å². The van der Waals surface area contributed by atoms with Crippen molar-refractivity contribution in [3.63, 3.8) is 0 Å². The summed E-state index contributed by atoms with van der Waals surface area (Å²) in [5.41, 5.74) is 7.39. The average molecular weight is 125 g/mol. The maximum absolute atomic E-state index is 5.42. The van der Waals surface area contributed by atoms with Gasteiger partial charge in [-0.2, -0.15) is 0 Å². The molecule has 0 amide bonds. The van der Waals surface area contributed by atoms with Crippen LogP contribution < -0.4 is 5.73 Å². The molecule has 0 aliphatic heterocycles. The van der Waals surface area contributed by atoms with Crippen LogP contribution in [0.25, 0.3) is 0 Å². The Labute approximate surface area is 57.3 Å². The SMILES string of the molecule is C=C(/C=C(/C)N)CCC. The third-order valence-corrected chi connectivity index (χ3v) is 1.00. The predicted molar refractivity (Wildman–Crippen MR) is 42.0 cm³/mol.